The normalized spacial score (nSPS) is 10.5. The molecule has 0 fully saturated rings. The summed E-state index contributed by atoms with van der Waals surface area (Å²) in [4.78, 5) is 12.8. The predicted octanol–water partition coefficient (Wildman–Crippen LogP) is 0.826. The SMILES string of the molecule is CCc1cc(CNCCNC(=O)N(C)C)n(CC)n1. The van der Waals surface area contributed by atoms with E-state index in [4.69, 9.17) is 0 Å². The van der Waals surface area contributed by atoms with Crippen LogP contribution in [-0.4, -0.2) is 47.9 Å². The smallest absolute Gasteiger partial charge is 0.316 e. The maximum atomic E-state index is 11.3. The van der Waals surface area contributed by atoms with E-state index >= 15 is 0 Å². The molecule has 1 heterocycles. The highest BCUT2D eigenvalue weighted by Crippen LogP contribution is 2.04. The lowest BCUT2D eigenvalue weighted by Crippen LogP contribution is -2.38. The highest BCUT2D eigenvalue weighted by atomic mass is 16.2. The lowest BCUT2D eigenvalue weighted by atomic mass is 10.3. The van der Waals surface area contributed by atoms with E-state index in [1.807, 2.05) is 4.68 Å². The summed E-state index contributed by atoms with van der Waals surface area (Å²) in [6.45, 7) is 7.23. The van der Waals surface area contributed by atoms with Crippen molar-refractivity contribution in [2.45, 2.75) is 33.4 Å². The molecule has 2 amide bonds. The fraction of sp³-hybridized carbons (Fsp3) is 0.692. The lowest BCUT2D eigenvalue weighted by Gasteiger charge is -2.12. The fourth-order valence-electron chi connectivity index (χ4n) is 1.74. The first-order chi connectivity index (χ1) is 9.08. The van der Waals surface area contributed by atoms with E-state index in [9.17, 15) is 4.79 Å². The fourth-order valence-corrected chi connectivity index (χ4v) is 1.74. The standard InChI is InChI=1S/C13H25N5O/c1-5-11-9-12(18(6-2)16-11)10-14-7-8-15-13(19)17(3)4/h9,14H,5-8,10H2,1-4H3,(H,15,19). The molecule has 0 aliphatic carbocycles. The summed E-state index contributed by atoms with van der Waals surface area (Å²) in [6.07, 6.45) is 0.957. The Labute approximate surface area is 115 Å². The second-order valence-corrected chi connectivity index (χ2v) is 4.60. The summed E-state index contributed by atoms with van der Waals surface area (Å²) in [6, 6.07) is 2.07. The van der Waals surface area contributed by atoms with E-state index in [2.05, 4.69) is 35.6 Å². The van der Waals surface area contributed by atoms with E-state index in [0.717, 1.165) is 31.7 Å². The number of carbonyl (C=O) groups excluding carboxylic acids is 1. The summed E-state index contributed by atoms with van der Waals surface area (Å²) >= 11 is 0. The second kappa shape index (κ2) is 7.78. The molecule has 0 aliphatic rings. The molecule has 0 saturated heterocycles. The van der Waals surface area contributed by atoms with Gasteiger partial charge in [-0.3, -0.25) is 4.68 Å². The number of carbonyl (C=O) groups is 1. The Morgan fingerprint density at radius 1 is 1.37 bits per heavy atom. The number of hydrogen-bond donors (Lipinski definition) is 2. The zero-order chi connectivity index (χ0) is 14.3. The summed E-state index contributed by atoms with van der Waals surface area (Å²) in [7, 11) is 3.46. The first kappa shape index (κ1) is 15.5. The van der Waals surface area contributed by atoms with Crippen molar-refractivity contribution >= 4 is 6.03 Å². The van der Waals surface area contributed by atoms with E-state index in [1.54, 1.807) is 14.1 Å². The van der Waals surface area contributed by atoms with Crippen molar-refractivity contribution in [2.75, 3.05) is 27.2 Å². The van der Waals surface area contributed by atoms with Crippen LogP contribution in [0.3, 0.4) is 0 Å². The maximum Gasteiger partial charge on any atom is 0.316 e. The number of amides is 2. The molecule has 0 aliphatic heterocycles. The van der Waals surface area contributed by atoms with E-state index < -0.39 is 0 Å². The number of aromatic nitrogens is 2. The van der Waals surface area contributed by atoms with Crippen LogP contribution in [0.15, 0.2) is 6.07 Å². The van der Waals surface area contributed by atoms with Gasteiger partial charge in [0, 0.05) is 40.3 Å². The van der Waals surface area contributed by atoms with Crippen LogP contribution < -0.4 is 10.6 Å². The van der Waals surface area contributed by atoms with Crippen LogP contribution in [0.1, 0.15) is 25.2 Å². The third-order valence-electron chi connectivity index (χ3n) is 2.87. The van der Waals surface area contributed by atoms with E-state index in [-0.39, 0.29) is 6.03 Å². The zero-order valence-corrected chi connectivity index (χ0v) is 12.4. The van der Waals surface area contributed by atoms with Gasteiger partial charge in [-0.2, -0.15) is 5.10 Å². The molecule has 6 heteroatoms. The minimum Gasteiger partial charge on any atom is -0.337 e. The molecule has 6 nitrogen and oxygen atoms in total. The van der Waals surface area contributed by atoms with Crippen LogP contribution in [0.5, 0.6) is 0 Å². The molecule has 1 rings (SSSR count). The molecule has 0 bridgehead atoms. The van der Waals surface area contributed by atoms with Crippen LogP contribution >= 0.6 is 0 Å². The summed E-state index contributed by atoms with van der Waals surface area (Å²) in [5, 5.41) is 10.6. The number of nitrogens with zero attached hydrogens (tertiary/aromatic N) is 3. The average Bonchev–Trinajstić information content (AvgIpc) is 2.80. The van der Waals surface area contributed by atoms with Crippen LogP contribution in [0, 0.1) is 0 Å². The molecule has 0 unspecified atom stereocenters. The molecule has 108 valence electrons. The van der Waals surface area contributed by atoms with Gasteiger partial charge in [-0.15, -0.1) is 0 Å². The Morgan fingerprint density at radius 3 is 2.68 bits per heavy atom. The van der Waals surface area contributed by atoms with Crippen molar-refractivity contribution < 1.29 is 4.79 Å². The van der Waals surface area contributed by atoms with Crippen molar-refractivity contribution in [1.29, 1.82) is 0 Å². The van der Waals surface area contributed by atoms with Gasteiger partial charge < -0.3 is 15.5 Å². The molecule has 2 N–H and O–H groups in total. The highest BCUT2D eigenvalue weighted by molar-refractivity contribution is 5.73. The van der Waals surface area contributed by atoms with E-state index in [1.165, 1.54) is 10.6 Å². The summed E-state index contributed by atoms with van der Waals surface area (Å²) in [5.74, 6) is 0. The molecule has 0 radical (unpaired) electrons. The van der Waals surface area contributed by atoms with Crippen LogP contribution in [0.25, 0.3) is 0 Å². The van der Waals surface area contributed by atoms with Crippen molar-refractivity contribution in [3.8, 4) is 0 Å². The van der Waals surface area contributed by atoms with Crippen LogP contribution in [0.2, 0.25) is 0 Å². The van der Waals surface area contributed by atoms with Crippen molar-refractivity contribution in [2.24, 2.45) is 0 Å². The highest BCUT2D eigenvalue weighted by Gasteiger charge is 2.05. The lowest BCUT2D eigenvalue weighted by molar-refractivity contribution is 0.217. The van der Waals surface area contributed by atoms with Gasteiger partial charge in [0.2, 0.25) is 0 Å². The molecular weight excluding hydrogens is 242 g/mol. The number of urea groups is 1. The molecule has 1 aromatic rings. The Kier molecular flexibility index (Phi) is 6.35. The van der Waals surface area contributed by atoms with Gasteiger partial charge in [0.1, 0.15) is 0 Å². The van der Waals surface area contributed by atoms with Gasteiger partial charge in [0.25, 0.3) is 0 Å². The largest absolute Gasteiger partial charge is 0.337 e. The minimum atomic E-state index is -0.0614. The Hall–Kier alpha value is -1.56. The number of aryl methyl sites for hydroxylation is 2. The second-order valence-electron chi connectivity index (χ2n) is 4.60. The van der Waals surface area contributed by atoms with Gasteiger partial charge in [0.05, 0.1) is 11.4 Å². The number of hydrogen-bond acceptors (Lipinski definition) is 3. The van der Waals surface area contributed by atoms with Gasteiger partial charge >= 0.3 is 6.03 Å². The number of nitrogens with one attached hydrogen (secondary N) is 2. The zero-order valence-electron chi connectivity index (χ0n) is 12.4. The van der Waals surface area contributed by atoms with Crippen LogP contribution in [0.4, 0.5) is 4.79 Å². The average molecular weight is 267 g/mol. The Balaban J connectivity index is 2.29. The first-order valence-electron chi connectivity index (χ1n) is 6.79. The molecule has 0 aromatic carbocycles. The third-order valence-corrected chi connectivity index (χ3v) is 2.87. The van der Waals surface area contributed by atoms with Crippen molar-refractivity contribution in [3.63, 3.8) is 0 Å². The quantitative estimate of drug-likeness (QED) is 0.719. The topological polar surface area (TPSA) is 62.2 Å². The van der Waals surface area contributed by atoms with Gasteiger partial charge in [-0.25, -0.2) is 4.79 Å². The Bertz CT molecular complexity index is 400. The molecule has 19 heavy (non-hydrogen) atoms. The maximum absolute atomic E-state index is 11.3. The van der Waals surface area contributed by atoms with Crippen molar-refractivity contribution in [3.05, 3.63) is 17.5 Å². The molecule has 0 spiro atoms. The first-order valence-corrected chi connectivity index (χ1v) is 6.79. The van der Waals surface area contributed by atoms with Gasteiger partial charge in [-0.1, -0.05) is 6.92 Å². The predicted molar refractivity (Wildman–Crippen MR) is 76.1 cm³/mol. The molecular formula is C13H25N5O. The van der Waals surface area contributed by atoms with Gasteiger partial charge in [0.15, 0.2) is 0 Å². The summed E-state index contributed by atoms with van der Waals surface area (Å²) < 4.78 is 2.02. The monoisotopic (exact) mass is 267 g/mol. The molecule has 1 aromatic heterocycles. The molecule has 0 saturated carbocycles. The molecule has 0 atom stereocenters. The van der Waals surface area contributed by atoms with Crippen molar-refractivity contribution in [1.82, 2.24) is 25.3 Å². The minimum absolute atomic E-state index is 0.0614. The Morgan fingerprint density at radius 2 is 2.11 bits per heavy atom. The van der Waals surface area contributed by atoms with Gasteiger partial charge in [-0.05, 0) is 19.4 Å². The number of rotatable bonds is 7. The summed E-state index contributed by atoms with van der Waals surface area (Å²) in [5.41, 5.74) is 2.32. The van der Waals surface area contributed by atoms with Crippen LogP contribution in [-0.2, 0) is 19.5 Å². The van der Waals surface area contributed by atoms with E-state index in [0.29, 0.717) is 6.54 Å². The third kappa shape index (κ3) is 4.90.